The SMILES string of the molecule is CC[C@H](NC(=O)[C@@H](NC(=O)OCC1c2ccccc2-c2ccccc21)C(C)C)C(=O)O. The molecule has 1 aliphatic rings. The van der Waals surface area contributed by atoms with Crippen LogP contribution in [0.4, 0.5) is 4.79 Å². The summed E-state index contributed by atoms with van der Waals surface area (Å²) in [6.07, 6.45) is -0.462. The molecule has 2 amide bonds. The van der Waals surface area contributed by atoms with Crippen LogP contribution in [0.15, 0.2) is 48.5 Å². The lowest BCUT2D eigenvalue weighted by Gasteiger charge is -2.24. The fourth-order valence-corrected chi connectivity index (χ4v) is 3.90. The first kappa shape index (κ1) is 22.3. The van der Waals surface area contributed by atoms with Crippen molar-refractivity contribution in [3.05, 3.63) is 59.7 Å². The number of alkyl carbamates (subject to hydrolysis) is 1. The molecule has 2 aromatic rings. The van der Waals surface area contributed by atoms with Crippen LogP contribution in [-0.2, 0) is 14.3 Å². The minimum Gasteiger partial charge on any atom is -0.480 e. The maximum absolute atomic E-state index is 12.5. The van der Waals surface area contributed by atoms with Gasteiger partial charge in [0, 0.05) is 5.92 Å². The van der Waals surface area contributed by atoms with E-state index in [9.17, 15) is 14.4 Å². The Kier molecular flexibility index (Phi) is 6.95. The van der Waals surface area contributed by atoms with E-state index < -0.39 is 30.1 Å². The van der Waals surface area contributed by atoms with Gasteiger partial charge in [0.15, 0.2) is 0 Å². The third-order valence-corrected chi connectivity index (χ3v) is 5.59. The molecule has 3 rings (SSSR count). The molecule has 0 aromatic heterocycles. The molecule has 0 heterocycles. The Morgan fingerprint density at radius 2 is 1.52 bits per heavy atom. The van der Waals surface area contributed by atoms with Gasteiger partial charge in [-0.2, -0.15) is 0 Å². The zero-order valence-electron chi connectivity index (χ0n) is 17.9. The minimum absolute atomic E-state index is 0.0824. The van der Waals surface area contributed by atoms with Gasteiger partial charge in [0.05, 0.1) is 0 Å². The second-order valence-corrected chi connectivity index (χ2v) is 8.00. The zero-order valence-corrected chi connectivity index (χ0v) is 17.9. The van der Waals surface area contributed by atoms with Crippen molar-refractivity contribution >= 4 is 18.0 Å². The van der Waals surface area contributed by atoms with Crippen LogP contribution < -0.4 is 10.6 Å². The van der Waals surface area contributed by atoms with Gasteiger partial charge in [0.25, 0.3) is 0 Å². The van der Waals surface area contributed by atoms with Crippen molar-refractivity contribution in [1.29, 1.82) is 0 Å². The zero-order chi connectivity index (χ0) is 22.5. The molecule has 0 spiro atoms. The van der Waals surface area contributed by atoms with Crippen molar-refractivity contribution < 1.29 is 24.2 Å². The number of rotatable bonds is 8. The molecule has 3 N–H and O–H groups in total. The van der Waals surface area contributed by atoms with E-state index in [0.717, 1.165) is 22.3 Å². The lowest BCUT2D eigenvalue weighted by molar-refractivity contribution is -0.142. The van der Waals surface area contributed by atoms with Gasteiger partial charge >= 0.3 is 12.1 Å². The molecule has 1 aliphatic carbocycles. The first-order chi connectivity index (χ1) is 14.8. The normalized spacial score (nSPS) is 14.3. The number of hydrogen-bond acceptors (Lipinski definition) is 4. The number of nitrogens with one attached hydrogen (secondary N) is 2. The van der Waals surface area contributed by atoms with Gasteiger partial charge in [-0.3, -0.25) is 4.79 Å². The quantitative estimate of drug-likeness (QED) is 0.601. The molecule has 0 bridgehead atoms. The van der Waals surface area contributed by atoms with E-state index in [0.29, 0.717) is 0 Å². The Bertz CT molecular complexity index is 926. The van der Waals surface area contributed by atoms with Crippen molar-refractivity contribution in [2.75, 3.05) is 6.61 Å². The van der Waals surface area contributed by atoms with Crippen molar-refractivity contribution in [3.63, 3.8) is 0 Å². The maximum Gasteiger partial charge on any atom is 0.407 e. The van der Waals surface area contributed by atoms with Crippen LogP contribution in [0.2, 0.25) is 0 Å². The number of hydrogen-bond donors (Lipinski definition) is 3. The van der Waals surface area contributed by atoms with Crippen molar-refractivity contribution in [3.8, 4) is 11.1 Å². The van der Waals surface area contributed by atoms with E-state index in [1.807, 2.05) is 36.4 Å². The predicted molar refractivity (Wildman–Crippen MR) is 117 cm³/mol. The smallest absolute Gasteiger partial charge is 0.407 e. The summed E-state index contributed by atoms with van der Waals surface area (Å²) < 4.78 is 5.50. The number of ether oxygens (including phenoxy) is 1. The third-order valence-electron chi connectivity index (χ3n) is 5.59. The molecular weight excluding hydrogens is 396 g/mol. The van der Waals surface area contributed by atoms with Crippen molar-refractivity contribution in [2.24, 2.45) is 5.92 Å². The molecular formula is C24H28N2O5. The highest BCUT2D eigenvalue weighted by Gasteiger charge is 2.31. The van der Waals surface area contributed by atoms with Gasteiger partial charge in [-0.05, 0) is 34.6 Å². The van der Waals surface area contributed by atoms with Crippen LogP contribution in [0.1, 0.15) is 44.2 Å². The summed E-state index contributed by atoms with van der Waals surface area (Å²) in [5, 5.41) is 14.2. The van der Waals surface area contributed by atoms with Crippen molar-refractivity contribution in [1.82, 2.24) is 10.6 Å². The molecule has 2 atom stereocenters. The number of amides is 2. The minimum atomic E-state index is -1.11. The molecule has 0 unspecified atom stereocenters. The highest BCUT2D eigenvalue weighted by Crippen LogP contribution is 2.44. The van der Waals surface area contributed by atoms with E-state index in [2.05, 4.69) is 22.8 Å². The second kappa shape index (κ2) is 9.64. The molecule has 7 heteroatoms. The Labute approximate surface area is 181 Å². The summed E-state index contributed by atoms with van der Waals surface area (Å²) in [4.78, 5) is 36.2. The Hall–Kier alpha value is -3.35. The van der Waals surface area contributed by atoms with E-state index >= 15 is 0 Å². The third kappa shape index (κ3) is 4.87. The molecule has 0 saturated carbocycles. The molecule has 0 radical (unpaired) electrons. The second-order valence-electron chi connectivity index (χ2n) is 8.00. The van der Waals surface area contributed by atoms with Crippen LogP contribution in [0, 0.1) is 5.92 Å². The summed E-state index contributed by atoms with van der Waals surface area (Å²) in [5.74, 6) is -1.98. The van der Waals surface area contributed by atoms with Gasteiger partial charge in [-0.25, -0.2) is 9.59 Å². The predicted octanol–water partition coefficient (Wildman–Crippen LogP) is 3.53. The fourth-order valence-electron chi connectivity index (χ4n) is 3.90. The summed E-state index contributed by atoms with van der Waals surface area (Å²) in [6.45, 7) is 5.35. The molecule has 0 aliphatic heterocycles. The van der Waals surface area contributed by atoms with E-state index in [4.69, 9.17) is 9.84 Å². The van der Waals surface area contributed by atoms with Crippen LogP contribution >= 0.6 is 0 Å². The number of carbonyl (C=O) groups is 3. The van der Waals surface area contributed by atoms with Crippen LogP contribution in [0.25, 0.3) is 11.1 Å². The summed E-state index contributed by atoms with van der Waals surface area (Å²) in [6, 6.07) is 14.2. The average Bonchev–Trinajstić information content (AvgIpc) is 3.07. The molecule has 2 aromatic carbocycles. The van der Waals surface area contributed by atoms with Crippen LogP contribution in [0.5, 0.6) is 0 Å². The van der Waals surface area contributed by atoms with E-state index in [1.54, 1.807) is 20.8 Å². The van der Waals surface area contributed by atoms with Gasteiger partial charge in [0.2, 0.25) is 5.91 Å². The average molecular weight is 424 g/mol. The number of aliphatic carboxylic acids is 1. The number of carboxylic acids is 1. The van der Waals surface area contributed by atoms with Crippen molar-refractivity contribution in [2.45, 2.75) is 45.2 Å². The Morgan fingerprint density at radius 3 is 2.00 bits per heavy atom. The number of fused-ring (bicyclic) bond motifs is 3. The van der Waals surface area contributed by atoms with Crippen LogP contribution in [0.3, 0.4) is 0 Å². The van der Waals surface area contributed by atoms with Gasteiger partial charge < -0.3 is 20.5 Å². The molecule has 31 heavy (non-hydrogen) atoms. The first-order valence-electron chi connectivity index (χ1n) is 10.5. The maximum atomic E-state index is 12.5. The number of carbonyl (C=O) groups excluding carboxylic acids is 2. The highest BCUT2D eigenvalue weighted by atomic mass is 16.5. The fraction of sp³-hybridized carbons (Fsp3) is 0.375. The van der Waals surface area contributed by atoms with Gasteiger partial charge in [-0.15, -0.1) is 0 Å². The Morgan fingerprint density at radius 1 is 0.968 bits per heavy atom. The van der Waals surface area contributed by atoms with Gasteiger partial charge in [0.1, 0.15) is 18.7 Å². The standard InChI is InChI=1S/C24H28N2O5/c1-4-20(23(28)29)25-22(27)21(14(2)3)26-24(30)31-13-19-17-11-7-5-9-15(17)16-10-6-8-12-18(16)19/h5-12,14,19-21H,4,13H2,1-3H3,(H,25,27)(H,26,30)(H,28,29)/t20-,21-/m0/s1. The molecule has 0 fully saturated rings. The summed E-state index contributed by atoms with van der Waals surface area (Å²) >= 11 is 0. The lowest BCUT2D eigenvalue weighted by atomic mass is 9.98. The van der Waals surface area contributed by atoms with Gasteiger partial charge in [-0.1, -0.05) is 69.3 Å². The topological polar surface area (TPSA) is 105 Å². The summed E-state index contributed by atoms with van der Waals surface area (Å²) in [5.41, 5.74) is 4.46. The molecule has 7 nitrogen and oxygen atoms in total. The van der Waals surface area contributed by atoms with E-state index in [-0.39, 0.29) is 24.9 Å². The Balaban J connectivity index is 1.66. The monoisotopic (exact) mass is 424 g/mol. The summed E-state index contributed by atoms with van der Waals surface area (Å²) in [7, 11) is 0. The number of carboxylic acid groups (broad SMARTS) is 1. The number of benzene rings is 2. The van der Waals surface area contributed by atoms with E-state index in [1.165, 1.54) is 0 Å². The van der Waals surface area contributed by atoms with Crippen LogP contribution in [-0.4, -0.2) is 41.8 Å². The highest BCUT2D eigenvalue weighted by molar-refractivity contribution is 5.89. The molecule has 0 saturated heterocycles. The molecule has 164 valence electrons. The largest absolute Gasteiger partial charge is 0.480 e. The first-order valence-corrected chi connectivity index (χ1v) is 10.5. The lowest BCUT2D eigenvalue weighted by Crippen LogP contribution is -2.53.